The van der Waals surface area contributed by atoms with Crippen molar-refractivity contribution >= 4 is 28.4 Å². The average molecular weight is 297 g/mol. The van der Waals surface area contributed by atoms with Gasteiger partial charge in [-0.3, -0.25) is 0 Å². The van der Waals surface area contributed by atoms with Crippen LogP contribution in [0.1, 0.15) is 13.3 Å². The molecular formula is C9H17BrO4Si. The molecule has 4 nitrogen and oxygen atoms in total. The van der Waals surface area contributed by atoms with Crippen molar-refractivity contribution in [3.63, 3.8) is 0 Å². The van der Waals surface area contributed by atoms with Crippen molar-refractivity contribution in [1.82, 2.24) is 0 Å². The largest absolute Gasteiger partial charge is 0.463 e. The highest BCUT2D eigenvalue weighted by Gasteiger charge is 2.31. The third-order valence-electron chi connectivity index (χ3n) is 1.78. The van der Waals surface area contributed by atoms with Crippen LogP contribution in [0.5, 0.6) is 0 Å². The highest BCUT2D eigenvalue weighted by Crippen LogP contribution is 2.20. The number of halogens is 1. The number of rotatable bonds is 7. The predicted molar refractivity (Wildman–Crippen MR) is 63.9 cm³/mol. The Labute approximate surface area is 99.4 Å². The van der Waals surface area contributed by atoms with Crippen molar-refractivity contribution in [3.8, 4) is 0 Å². The van der Waals surface area contributed by atoms with Gasteiger partial charge in [0.2, 0.25) is 0 Å². The van der Waals surface area contributed by atoms with Crippen LogP contribution in [0, 0.1) is 0 Å². The summed E-state index contributed by atoms with van der Waals surface area (Å²) in [6.07, 6.45) is 3.77. The second kappa shape index (κ2) is 8.03. The van der Waals surface area contributed by atoms with Crippen molar-refractivity contribution in [3.05, 3.63) is 12.2 Å². The van der Waals surface area contributed by atoms with E-state index in [0.29, 0.717) is 6.61 Å². The molecule has 6 heteroatoms. The summed E-state index contributed by atoms with van der Waals surface area (Å²) >= 11 is 3.42. The summed E-state index contributed by atoms with van der Waals surface area (Å²) in [5.74, 6) is -0.311. The van der Waals surface area contributed by atoms with Gasteiger partial charge in [0, 0.05) is 26.3 Å². The van der Waals surface area contributed by atoms with Crippen LogP contribution >= 0.6 is 15.3 Å². The molecule has 0 radical (unpaired) electrons. The van der Waals surface area contributed by atoms with Crippen molar-refractivity contribution in [1.29, 1.82) is 0 Å². The van der Waals surface area contributed by atoms with Crippen LogP contribution in [0.3, 0.4) is 0 Å². The number of allylic oxidation sites excluding steroid dienone is 1. The van der Waals surface area contributed by atoms with Crippen LogP contribution in [0.2, 0.25) is 6.04 Å². The lowest BCUT2D eigenvalue weighted by Gasteiger charge is -2.19. The number of hydrogen-bond donors (Lipinski definition) is 0. The molecule has 0 fully saturated rings. The molecule has 88 valence electrons. The summed E-state index contributed by atoms with van der Waals surface area (Å²) in [6, 6.07) is 0.739. The molecule has 0 bridgehead atoms. The Morgan fingerprint density at radius 3 is 2.47 bits per heavy atom. The standard InChI is InChI=1S/C9H17BrO4Si/c1-4-6-9(11)14-7-5-8-15(10,12-2)13-3/h4,6H,5,7-8H2,1-3H3. The Balaban J connectivity index is 3.66. The number of ether oxygens (including phenoxy) is 1. The molecule has 0 amide bonds. The van der Waals surface area contributed by atoms with E-state index in [1.54, 1.807) is 27.2 Å². The van der Waals surface area contributed by atoms with Crippen LogP contribution in [0.25, 0.3) is 0 Å². The maximum Gasteiger partial charge on any atom is 0.413 e. The summed E-state index contributed by atoms with van der Waals surface area (Å²) in [7, 11) is 1.03. The third kappa shape index (κ3) is 6.83. The highest BCUT2D eigenvalue weighted by molar-refractivity contribution is 9.25. The number of esters is 1. The van der Waals surface area contributed by atoms with Gasteiger partial charge >= 0.3 is 13.1 Å². The van der Waals surface area contributed by atoms with Gasteiger partial charge in [-0.05, 0) is 13.3 Å². The van der Waals surface area contributed by atoms with E-state index in [-0.39, 0.29) is 5.97 Å². The van der Waals surface area contributed by atoms with Crippen LogP contribution < -0.4 is 0 Å². The SMILES string of the molecule is CC=CC(=O)OCCC[Si](Br)(OC)OC. The molecule has 0 heterocycles. The van der Waals surface area contributed by atoms with Crippen LogP contribution in [-0.4, -0.2) is 34.0 Å². The van der Waals surface area contributed by atoms with Gasteiger partial charge in [0.25, 0.3) is 0 Å². The molecule has 0 aromatic carbocycles. The molecule has 0 aliphatic rings. The minimum Gasteiger partial charge on any atom is -0.463 e. The van der Waals surface area contributed by atoms with E-state index in [9.17, 15) is 4.79 Å². The minimum atomic E-state index is -2.18. The van der Waals surface area contributed by atoms with Gasteiger partial charge in [0.1, 0.15) is 0 Å². The fourth-order valence-corrected chi connectivity index (χ4v) is 2.91. The first-order valence-electron chi connectivity index (χ1n) is 4.66. The van der Waals surface area contributed by atoms with Crippen LogP contribution in [0.15, 0.2) is 12.2 Å². The van der Waals surface area contributed by atoms with Crippen LogP contribution in [-0.2, 0) is 18.4 Å². The Bertz CT molecular complexity index is 216. The van der Waals surface area contributed by atoms with E-state index in [4.69, 9.17) is 13.6 Å². The zero-order valence-corrected chi connectivity index (χ0v) is 11.9. The lowest BCUT2D eigenvalue weighted by atomic mass is 10.5. The van der Waals surface area contributed by atoms with Gasteiger partial charge in [-0.1, -0.05) is 21.4 Å². The maximum absolute atomic E-state index is 10.9. The summed E-state index contributed by atoms with van der Waals surface area (Å²) in [4.78, 5) is 10.9. The maximum atomic E-state index is 10.9. The molecule has 0 unspecified atom stereocenters. The van der Waals surface area contributed by atoms with E-state index < -0.39 is 7.18 Å². The molecule has 0 saturated carbocycles. The van der Waals surface area contributed by atoms with Gasteiger partial charge in [0.05, 0.1) is 6.61 Å². The Morgan fingerprint density at radius 1 is 1.40 bits per heavy atom. The number of carbonyl (C=O) groups is 1. The summed E-state index contributed by atoms with van der Waals surface area (Å²) in [6.45, 7) is 2.16. The van der Waals surface area contributed by atoms with Gasteiger partial charge < -0.3 is 13.6 Å². The third-order valence-corrected chi connectivity index (χ3v) is 7.08. The van der Waals surface area contributed by atoms with Gasteiger partial charge in [-0.2, -0.15) is 0 Å². The number of hydrogen-bond acceptors (Lipinski definition) is 4. The molecule has 0 aliphatic heterocycles. The molecule has 0 aliphatic carbocycles. The zero-order chi connectivity index (χ0) is 11.7. The molecule has 0 atom stereocenters. The van der Waals surface area contributed by atoms with Crippen molar-refractivity contribution in [2.24, 2.45) is 0 Å². The molecule has 0 aromatic heterocycles. The summed E-state index contributed by atoms with van der Waals surface area (Å²) in [5, 5.41) is 0. The molecule has 0 N–H and O–H groups in total. The summed E-state index contributed by atoms with van der Waals surface area (Å²) < 4.78 is 15.4. The monoisotopic (exact) mass is 296 g/mol. The van der Waals surface area contributed by atoms with E-state index in [0.717, 1.165) is 12.5 Å². The van der Waals surface area contributed by atoms with Gasteiger partial charge in [-0.25, -0.2) is 4.79 Å². The van der Waals surface area contributed by atoms with Crippen LogP contribution in [0.4, 0.5) is 0 Å². The van der Waals surface area contributed by atoms with Gasteiger partial charge in [0.15, 0.2) is 0 Å². The Morgan fingerprint density at radius 2 is 2.00 bits per heavy atom. The first-order valence-corrected chi connectivity index (χ1v) is 8.94. The lowest BCUT2D eigenvalue weighted by molar-refractivity contribution is -0.137. The Hall–Kier alpha value is -0.173. The van der Waals surface area contributed by atoms with E-state index in [2.05, 4.69) is 15.3 Å². The van der Waals surface area contributed by atoms with E-state index >= 15 is 0 Å². The number of carbonyl (C=O) groups excluding carboxylic acids is 1. The first-order chi connectivity index (χ1) is 7.08. The molecule has 0 rings (SSSR count). The van der Waals surface area contributed by atoms with Gasteiger partial charge in [-0.15, -0.1) is 0 Å². The van der Waals surface area contributed by atoms with Crippen molar-refractivity contribution in [2.45, 2.75) is 19.4 Å². The quantitative estimate of drug-likeness (QED) is 0.237. The fraction of sp³-hybridized carbons (Fsp3) is 0.667. The summed E-state index contributed by atoms with van der Waals surface area (Å²) in [5.41, 5.74) is 0. The normalized spacial score (nSPS) is 12.0. The highest BCUT2D eigenvalue weighted by atomic mass is 79.9. The second-order valence-electron chi connectivity index (χ2n) is 2.84. The second-order valence-corrected chi connectivity index (χ2v) is 9.10. The molecule has 15 heavy (non-hydrogen) atoms. The predicted octanol–water partition coefficient (Wildman–Crippen LogP) is 2.12. The minimum absolute atomic E-state index is 0.311. The van der Waals surface area contributed by atoms with Crippen molar-refractivity contribution < 1.29 is 18.4 Å². The molecule has 0 saturated heterocycles. The van der Waals surface area contributed by atoms with E-state index in [1.165, 1.54) is 6.08 Å². The molecule has 0 spiro atoms. The topological polar surface area (TPSA) is 44.8 Å². The lowest BCUT2D eigenvalue weighted by Crippen LogP contribution is -2.32. The zero-order valence-electron chi connectivity index (χ0n) is 9.29. The first kappa shape index (κ1) is 14.8. The Kier molecular flexibility index (Phi) is 7.94. The molecule has 0 aromatic rings. The fourth-order valence-electron chi connectivity index (χ4n) is 0.928. The molecular weight excluding hydrogens is 280 g/mol. The van der Waals surface area contributed by atoms with E-state index in [1.807, 2.05) is 0 Å². The van der Waals surface area contributed by atoms with Crippen molar-refractivity contribution in [2.75, 3.05) is 20.8 Å². The average Bonchev–Trinajstić information content (AvgIpc) is 2.24. The smallest absolute Gasteiger partial charge is 0.413 e.